The average molecular weight is 400 g/mol. The zero-order chi connectivity index (χ0) is 21.0. The molecule has 29 heavy (non-hydrogen) atoms. The number of rotatable bonds is 6. The molecule has 3 aromatic carbocycles. The van der Waals surface area contributed by atoms with E-state index in [1.807, 2.05) is 0 Å². The van der Waals surface area contributed by atoms with Gasteiger partial charge in [0, 0.05) is 0 Å². The summed E-state index contributed by atoms with van der Waals surface area (Å²) in [6, 6.07) is 27.2. The molecule has 0 N–H and O–H groups in total. The Kier molecular flexibility index (Phi) is 6.81. The van der Waals surface area contributed by atoms with Gasteiger partial charge < -0.3 is 0 Å². The van der Waals surface area contributed by atoms with Crippen molar-refractivity contribution in [2.24, 2.45) is 0 Å². The monoisotopic (exact) mass is 400 g/mol. The Labute approximate surface area is 178 Å². The molecule has 0 nitrogen and oxygen atoms in total. The van der Waals surface area contributed by atoms with Crippen LogP contribution in [-0.4, -0.2) is 32.9 Å². The van der Waals surface area contributed by atoms with E-state index in [1.165, 1.54) is 44.8 Å². The topological polar surface area (TPSA) is 0 Å². The predicted molar refractivity (Wildman–Crippen MR) is 137 cm³/mol. The molecule has 0 radical (unpaired) electrons. The Morgan fingerprint density at radius 2 is 1.03 bits per heavy atom. The maximum absolute atomic E-state index is 2.53. The molecular weight excluding hydrogens is 366 g/mol. The molecule has 0 aliphatic carbocycles. The van der Waals surface area contributed by atoms with Crippen LogP contribution in [0.3, 0.4) is 0 Å². The van der Waals surface area contributed by atoms with E-state index in [0.29, 0.717) is 0 Å². The average Bonchev–Trinajstić information content (AvgIpc) is 2.67. The van der Waals surface area contributed by atoms with E-state index >= 15 is 0 Å². The van der Waals surface area contributed by atoms with Crippen LogP contribution >= 0.6 is 7.26 Å². The van der Waals surface area contributed by atoms with Gasteiger partial charge in [0.05, 0.1) is 0 Å². The Hall–Kier alpha value is -2.11. The van der Waals surface area contributed by atoms with E-state index in [0.717, 1.165) is 0 Å². The van der Waals surface area contributed by atoms with E-state index in [9.17, 15) is 0 Å². The summed E-state index contributed by atoms with van der Waals surface area (Å²) in [5.41, 5.74) is 9.41. The normalized spacial score (nSPS) is 12.7. The second-order valence-electron chi connectivity index (χ2n) is 9.54. The maximum atomic E-state index is 2.53. The fourth-order valence-corrected chi connectivity index (χ4v) is 4.47. The fraction of sp³-hybridized carbons (Fsp3) is 0.259. The molecule has 0 aromatic heterocycles. The predicted octanol–water partition coefficient (Wildman–Crippen LogP) is 5.48. The molecule has 0 heterocycles. The van der Waals surface area contributed by atoms with Gasteiger partial charge >= 0.3 is 178 Å². The zero-order valence-electron chi connectivity index (χ0n) is 18.8. The Morgan fingerprint density at radius 3 is 1.41 bits per heavy atom. The van der Waals surface area contributed by atoms with E-state index in [1.54, 1.807) is 0 Å². The fourth-order valence-electron chi connectivity index (χ4n) is 3.63. The molecule has 3 rings (SSSR count). The van der Waals surface area contributed by atoms with Crippen LogP contribution in [0, 0.1) is 20.8 Å². The number of allylic oxidation sites excluding steroid dienone is 1. The van der Waals surface area contributed by atoms with Crippen LogP contribution in [0.4, 0.5) is 0 Å². The molecule has 2 heteroatoms. The van der Waals surface area contributed by atoms with Crippen LogP contribution in [0.1, 0.15) is 22.3 Å². The molecule has 0 aliphatic rings. The summed E-state index contributed by atoms with van der Waals surface area (Å²) in [6.07, 6.45) is 3.71. The van der Waals surface area contributed by atoms with E-state index in [-0.39, 0.29) is 6.71 Å². The van der Waals surface area contributed by atoms with Crippen molar-refractivity contribution in [3.05, 3.63) is 101 Å². The first kappa shape index (κ1) is 21.6. The minimum absolute atomic E-state index is 0.246. The third-order valence-corrected chi connectivity index (χ3v) is 6.88. The van der Waals surface area contributed by atoms with Crippen molar-refractivity contribution >= 4 is 30.4 Å². The molecule has 0 saturated carbocycles. The van der Waals surface area contributed by atoms with Crippen LogP contribution in [-0.2, 0) is 0 Å². The van der Waals surface area contributed by atoms with Gasteiger partial charge in [0.1, 0.15) is 0 Å². The first-order valence-corrected chi connectivity index (χ1v) is 14.3. The van der Waals surface area contributed by atoms with Gasteiger partial charge in [0.25, 0.3) is 0 Å². The molecule has 0 atom stereocenters. The molecule has 0 saturated heterocycles. The standard InChI is InChI=1S/C27H34BP/c1-21-7-13-24(14-8-21)27(19-20-29(4,5)6)28(25-15-9-22(2)10-16-25)26-17-11-23(3)12-18-26/h7-19,29H,20H2,1-6H3/b27-19-. The number of aryl methyl sites for hydroxylation is 3. The molecule has 150 valence electrons. The summed E-state index contributed by atoms with van der Waals surface area (Å²) in [7, 11) is -1.21. The molecule has 0 spiro atoms. The molecule has 0 aliphatic heterocycles. The summed E-state index contributed by atoms with van der Waals surface area (Å²) >= 11 is 0. The number of benzene rings is 3. The van der Waals surface area contributed by atoms with Crippen LogP contribution in [0.15, 0.2) is 78.9 Å². The molecule has 0 fully saturated rings. The van der Waals surface area contributed by atoms with Crippen molar-refractivity contribution in [3.8, 4) is 0 Å². The van der Waals surface area contributed by atoms with Crippen molar-refractivity contribution in [1.29, 1.82) is 0 Å². The summed E-state index contributed by atoms with van der Waals surface area (Å²) in [4.78, 5) is 0. The van der Waals surface area contributed by atoms with Gasteiger partial charge in [-0.25, -0.2) is 0 Å². The molecule has 0 unspecified atom stereocenters. The van der Waals surface area contributed by atoms with Crippen molar-refractivity contribution < 1.29 is 0 Å². The van der Waals surface area contributed by atoms with Crippen molar-refractivity contribution in [3.63, 3.8) is 0 Å². The summed E-state index contributed by atoms with van der Waals surface area (Å²) in [5.74, 6) is 0. The molecule has 3 aromatic rings. The van der Waals surface area contributed by atoms with Gasteiger partial charge in [0.2, 0.25) is 0 Å². The minimum atomic E-state index is -1.21. The first-order valence-electron chi connectivity index (χ1n) is 10.6. The summed E-state index contributed by atoms with van der Waals surface area (Å²) in [5, 5.41) is 0. The Bertz CT molecular complexity index is 914. The molecule has 0 amide bonds. The summed E-state index contributed by atoms with van der Waals surface area (Å²) < 4.78 is 0. The number of hydrogen-bond donors (Lipinski definition) is 0. The third-order valence-electron chi connectivity index (χ3n) is 5.45. The van der Waals surface area contributed by atoms with Crippen LogP contribution in [0.25, 0.3) is 5.47 Å². The van der Waals surface area contributed by atoms with E-state index in [4.69, 9.17) is 0 Å². The van der Waals surface area contributed by atoms with Crippen LogP contribution < -0.4 is 10.9 Å². The van der Waals surface area contributed by atoms with Gasteiger partial charge in [-0.2, -0.15) is 0 Å². The molecule has 0 bridgehead atoms. The zero-order valence-corrected chi connectivity index (χ0v) is 19.8. The van der Waals surface area contributed by atoms with Gasteiger partial charge in [-0.3, -0.25) is 0 Å². The van der Waals surface area contributed by atoms with Crippen molar-refractivity contribution in [1.82, 2.24) is 0 Å². The number of hydrogen-bond acceptors (Lipinski definition) is 0. The van der Waals surface area contributed by atoms with E-state index < -0.39 is 7.26 Å². The van der Waals surface area contributed by atoms with Crippen molar-refractivity contribution in [2.75, 3.05) is 26.2 Å². The van der Waals surface area contributed by atoms with E-state index in [2.05, 4.69) is 120 Å². The van der Waals surface area contributed by atoms with Gasteiger partial charge in [-0.05, 0) is 0 Å². The molecular formula is C27H34BP. The first-order chi connectivity index (χ1) is 13.7. The van der Waals surface area contributed by atoms with Gasteiger partial charge in [-0.1, -0.05) is 0 Å². The Balaban J connectivity index is 2.19. The summed E-state index contributed by atoms with van der Waals surface area (Å²) in [6.45, 7) is 14.1. The Morgan fingerprint density at radius 1 is 0.655 bits per heavy atom. The quantitative estimate of drug-likeness (QED) is 0.380. The van der Waals surface area contributed by atoms with Crippen LogP contribution in [0.2, 0.25) is 0 Å². The van der Waals surface area contributed by atoms with Gasteiger partial charge in [-0.15, -0.1) is 0 Å². The third kappa shape index (κ3) is 5.94. The van der Waals surface area contributed by atoms with Crippen molar-refractivity contribution in [2.45, 2.75) is 20.8 Å². The van der Waals surface area contributed by atoms with Gasteiger partial charge in [0.15, 0.2) is 0 Å². The second-order valence-corrected chi connectivity index (χ2v) is 15.1. The van der Waals surface area contributed by atoms with Crippen LogP contribution in [0.5, 0.6) is 0 Å². The second kappa shape index (κ2) is 9.14. The SMILES string of the molecule is Cc1ccc(B(/C(=C\C[PH](C)(C)C)c2ccc(C)cc2)c2ccc(C)cc2)cc1.